The van der Waals surface area contributed by atoms with Gasteiger partial charge in [0, 0.05) is 45.0 Å². The van der Waals surface area contributed by atoms with Crippen LogP contribution in [0.4, 0.5) is 5.82 Å². The molecule has 2 fully saturated rings. The third kappa shape index (κ3) is 4.66. The maximum Gasteiger partial charge on any atom is 0.253 e. The molecule has 2 saturated heterocycles. The maximum atomic E-state index is 12.4. The van der Waals surface area contributed by atoms with Gasteiger partial charge in [-0.3, -0.25) is 9.69 Å². The number of pyridine rings is 1. The lowest BCUT2D eigenvalue weighted by Crippen LogP contribution is -2.46. The molecule has 3 heterocycles. The summed E-state index contributed by atoms with van der Waals surface area (Å²) in [5.41, 5.74) is 0.598. The molecule has 3 rings (SSSR count). The van der Waals surface area contributed by atoms with Crippen molar-refractivity contribution in [2.45, 2.75) is 13.0 Å². The Morgan fingerprint density at radius 2 is 1.83 bits per heavy atom. The fourth-order valence-electron chi connectivity index (χ4n) is 3.02. The van der Waals surface area contributed by atoms with Crippen LogP contribution in [-0.4, -0.2) is 81.0 Å². The highest BCUT2D eigenvalue weighted by Gasteiger charge is 2.17. The Hall–Kier alpha value is -1.70. The quantitative estimate of drug-likeness (QED) is 0.839. The second-order valence-corrected chi connectivity index (χ2v) is 6.29. The predicted molar refractivity (Wildman–Crippen MR) is 91.5 cm³/mol. The van der Waals surface area contributed by atoms with Gasteiger partial charge in [-0.2, -0.15) is 0 Å². The van der Waals surface area contributed by atoms with Crippen LogP contribution in [0, 0.1) is 0 Å². The van der Waals surface area contributed by atoms with Crippen molar-refractivity contribution in [3.63, 3.8) is 0 Å². The molecule has 1 aromatic rings. The minimum atomic E-state index is -0.0724. The van der Waals surface area contributed by atoms with Crippen molar-refractivity contribution in [3.8, 4) is 0 Å². The summed E-state index contributed by atoms with van der Waals surface area (Å²) in [7, 11) is 0. The highest BCUT2D eigenvalue weighted by atomic mass is 16.5. The van der Waals surface area contributed by atoms with E-state index in [9.17, 15) is 4.79 Å². The second kappa shape index (κ2) is 8.41. The van der Waals surface area contributed by atoms with E-state index in [2.05, 4.69) is 20.1 Å². The Kier molecular flexibility index (Phi) is 6.01. The predicted octanol–water partition coefficient (Wildman–Crippen LogP) is 0.369. The van der Waals surface area contributed by atoms with Gasteiger partial charge < -0.3 is 19.7 Å². The zero-order valence-corrected chi connectivity index (χ0v) is 14.2. The minimum Gasteiger partial charge on any atom is -0.379 e. The van der Waals surface area contributed by atoms with Crippen molar-refractivity contribution in [1.29, 1.82) is 0 Å². The van der Waals surface area contributed by atoms with Gasteiger partial charge in [0.2, 0.25) is 0 Å². The summed E-state index contributed by atoms with van der Waals surface area (Å²) in [4.78, 5) is 21.3. The highest BCUT2D eigenvalue weighted by molar-refractivity contribution is 5.94. The van der Waals surface area contributed by atoms with Crippen LogP contribution in [0.5, 0.6) is 0 Å². The molecule has 0 spiro atoms. The van der Waals surface area contributed by atoms with E-state index in [1.54, 1.807) is 6.20 Å². The van der Waals surface area contributed by atoms with Gasteiger partial charge >= 0.3 is 0 Å². The van der Waals surface area contributed by atoms with Crippen LogP contribution in [-0.2, 0) is 9.47 Å². The SMILES string of the molecule is C[C@H](CN1CCOCC1)NC(=O)c1ccc(N2CCOCC2)nc1. The number of hydrogen-bond acceptors (Lipinski definition) is 6. The lowest BCUT2D eigenvalue weighted by Gasteiger charge is -2.29. The van der Waals surface area contributed by atoms with Crippen molar-refractivity contribution >= 4 is 11.7 Å². The summed E-state index contributed by atoms with van der Waals surface area (Å²) >= 11 is 0. The van der Waals surface area contributed by atoms with E-state index in [1.165, 1.54) is 0 Å². The minimum absolute atomic E-state index is 0.0724. The van der Waals surface area contributed by atoms with Gasteiger partial charge in [0.1, 0.15) is 5.82 Å². The van der Waals surface area contributed by atoms with E-state index < -0.39 is 0 Å². The largest absolute Gasteiger partial charge is 0.379 e. The van der Waals surface area contributed by atoms with Gasteiger partial charge in [0.05, 0.1) is 32.0 Å². The average molecular weight is 334 g/mol. The number of nitrogens with zero attached hydrogens (tertiary/aromatic N) is 3. The molecule has 7 heteroatoms. The van der Waals surface area contributed by atoms with E-state index in [-0.39, 0.29) is 11.9 Å². The number of amides is 1. The fraction of sp³-hybridized carbons (Fsp3) is 0.647. The van der Waals surface area contributed by atoms with Gasteiger partial charge in [-0.05, 0) is 19.1 Å². The summed E-state index contributed by atoms with van der Waals surface area (Å²) in [5.74, 6) is 0.827. The third-order valence-electron chi connectivity index (χ3n) is 4.36. The van der Waals surface area contributed by atoms with Crippen LogP contribution in [0.15, 0.2) is 18.3 Å². The molecular weight excluding hydrogens is 308 g/mol. The molecule has 2 aliphatic rings. The Morgan fingerprint density at radius 1 is 1.17 bits per heavy atom. The number of rotatable bonds is 5. The summed E-state index contributed by atoms with van der Waals surface area (Å²) in [6.07, 6.45) is 1.65. The number of morpholine rings is 2. The number of carbonyl (C=O) groups excluding carboxylic acids is 1. The van der Waals surface area contributed by atoms with Gasteiger partial charge in [-0.25, -0.2) is 4.98 Å². The van der Waals surface area contributed by atoms with Crippen LogP contribution in [0.3, 0.4) is 0 Å². The summed E-state index contributed by atoms with van der Waals surface area (Å²) < 4.78 is 10.7. The first-order valence-electron chi connectivity index (χ1n) is 8.62. The van der Waals surface area contributed by atoms with E-state index >= 15 is 0 Å². The molecule has 1 atom stereocenters. The standard InChI is InChI=1S/C17H26N4O3/c1-14(13-20-4-8-23-9-5-20)19-17(22)15-2-3-16(18-12-15)21-6-10-24-11-7-21/h2-3,12,14H,4-11,13H2,1H3,(H,19,22)/t14-/m1/s1. The number of nitrogens with one attached hydrogen (secondary N) is 1. The first kappa shape index (κ1) is 17.1. The molecule has 0 radical (unpaired) electrons. The van der Waals surface area contributed by atoms with Gasteiger partial charge in [-0.1, -0.05) is 0 Å². The molecule has 7 nitrogen and oxygen atoms in total. The molecule has 1 N–H and O–H groups in total. The monoisotopic (exact) mass is 334 g/mol. The Balaban J connectivity index is 1.50. The molecule has 132 valence electrons. The van der Waals surface area contributed by atoms with Gasteiger partial charge in [0.15, 0.2) is 0 Å². The first-order valence-corrected chi connectivity index (χ1v) is 8.62. The van der Waals surface area contributed by atoms with Crippen LogP contribution < -0.4 is 10.2 Å². The number of hydrogen-bond donors (Lipinski definition) is 1. The summed E-state index contributed by atoms with van der Waals surface area (Å²) in [6.45, 7) is 9.40. The number of anilines is 1. The van der Waals surface area contributed by atoms with Gasteiger partial charge in [0.25, 0.3) is 5.91 Å². The molecule has 0 saturated carbocycles. The number of aromatic nitrogens is 1. The van der Waals surface area contributed by atoms with E-state index in [1.807, 2.05) is 19.1 Å². The van der Waals surface area contributed by atoms with Crippen LogP contribution in [0.25, 0.3) is 0 Å². The third-order valence-corrected chi connectivity index (χ3v) is 4.36. The molecule has 0 unspecified atom stereocenters. The lowest BCUT2D eigenvalue weighted by atomic mass is 10.2. The van der Waals surface area contributed by atoms with E-state index in [4.69, 9.17) is 9.47 Å². The van der Waals surface area contributed by atoms with Crippen LogP contribution >= 0.6 is 0 Å². The molecule has 2 aliphatic heterocycles. The van der Waals surface area contributed by atoms with Gasteiger partial charge in [-0.15, -0.1) is 0 Å². The topological polar surface area (TPSA) is 66.9 Å². The van der Waals surface area contributed by atoms with E-state index in [0.29, 0.717) is 5.56 Å². The average Bonchev–Trinajstić information content (AvgIpc) is 2.63. The van der Waals surface area contributed by atoms with Crippen LogP contribution in [0.2, 0.25) is 0 Å². The zero-order valence-electron chi connectivity index (χ0n) is 14.2. The summed E-state index contributed by atoms with van der Waals surface area (Å²) in [6, 6.07) is 3.84. The smallest absolute Gasteiger partial charge is 0.253 e. The Bertz CT molecular complexity index is 525. The highest BCUT2D eigenvalue weighted by Crippen LogP contribution is 2.13. The number of carbonyl (C=O) groups is 1. The molecule has 0 bridgehead atoms. The van der Waals surface area contributed by atoms with Crippen molar-refractivity contribution in [1.82, 2.24) is 15.2 Å². The van der Waals surface area contributed by atoms with Crippen molar-refractivity contribution in [3.05, 3.63) is 23.9 Å². The second-order valence-electron chi connectivity index (χ2n) is 6.29. The lowest BCUT2D eigenvalue weighted by molar-refractivity contribution is 0.0342. The van der Waals surface area contributed by atoms with E-state index in [0.717, 1.165) is 65.0 Å². The molecule has 1 amide bonds. The molecule has 0 aliphatic carbocycles. The summed E-state index contributed by atoms with van der Waals surface area (Å²) in [5, 5.41) is 3.05. The molecule has 0 aromatic carbocycles. The van der Waals surface area contributed by atoms with Crippen LogP contribution in [0.1, 0.15) is 17.3 Å². The van der Waals surface area contributed by atoms with Crippen molar-refractivity contribution in [2.75, 3.05) is 64.1 Å². The fourth-order valence-corrected chi connectivity index (χ4v) is 3.02. The zero-order chi connectivity index (χ0) is 16.8. The maximum absolute atomic E-state index is 12.4. The Morgan fingerprint density at radius 3 is 2.46 bits per heavy atom. The normalized spacial score (nSPS) is 20.6. The Labute approximate surface area is 142 Å². The first-order chi connectivity index (χ1) is 11.7. The van der Waals surface area contributed by atoms with Crippen molar-refractivity contribution < 1.29 is 14.3 Å². The molecule has 1 aromatic heterocycles. The van der Waals surface area contributed by atoms with Crippen molar-refractivity contribution in [2.24, 2.45) is 0 Å². The molecule has 24 heavy (non-hydrogen) atoms. The molecular formula is C17H26N4O3. The number of ether oxygens (including phenoxy) is 2.